The molecular weight excluding hydrogens is 240 g/mol. The van der Waals surface area contributed by atoms with Crippen molar-refractivity contribution < 1.29 is 9.21 Å². The van der Waals surface area contributed by atoms with Crippen LogP contribution in [-0.2, 0) is 0 Å². The molecule has 4 nitrogen and oxygen atoms in total. The molecule has 19 heavy (non-hydrogen) atoms. The minimum absolute atomic E-state index is 0.0156. The van der Waals surface area contributed by atoms with E-state index in [1.54, 1.807) is 6.07 Å². The third kappa shape index (κ3) is 2.49. The van der Waals surface area contributed by atoms with Gasteiger partial charge in [0, 0.05) is 17.5 Å². The molecule has 0 bridgehead atoms. The molecule has 100 valence electrons. The Bertz CT molecular complexity index is 564. The van der Waals surface area contributed by atoms with Crippen molar-refractivity contribution in [1.82, 2.24) is 10.6 Å². The van der Waals surface area contributed by atoms with Gasteiger partial charge in [-0.2, -0.15) is 0 Å². The maximum atomic E-state index is 12.1. The molecule has 1 saturated heterocycles. The average Bonchev–Trinajstić information content (AvgIpc) is 3.02. The molecule has 2 N–H and O–H groups in total. The van der Waals surface area contributed by atoms with Crippen molar-refractivity contribution in [2.75, 3.05) is 13.1 Å². The van der Waals surface area contributed by atoms with Gasteiger partial charge in [0.25, 0.3) is 5.91 Å². The van der Waals surface area contributed by atoms with E-state index in [1.807, 2.05) is 24.3 Å². The van der Waals surface area contributed by atoms with Crippen molar-refractivity contribution in [2.24, 2.45) is 0 Å². The van der Waals surface area contributed by atoms with E-state index in [4.69, 9.17) is 4.42 Å². The van der Waals surface area contributed by atoms with Crippen LogP contribution in [-0.4, -0.2) is 24.5 Å². The lowest BCUT2D eigenvalue weighted by molar-refractivity contribution is 0.0917. The van der Waals surface area contributed by atoms with Crippen LogP contribution in [0, 0.1) is 0 Å². The molecule has 0 radical (unpaired) electrons. The molecule has 1 amide bonds. The second-order valence-corrected chi connectivity index (χ2v) is 5.42. The first-order valence-electron chi connectivity index (χ1n) is 6.68. The summed E-state index contributed by atoms with van der Waals surface area (Å²) in [6.07, 6.45) is 2.25. The van der Waals surface area contributed by atoms with Gasteiger partial charge in [-0.15, -0.1) is 0 Å². The summed E-state index contributed by atoms with van der Waals surface area (Å²) in [5.74, 6) is 0.230. The van der Waals surface area contributed by atoms with Gasteiger partial charge in [0.05, 0.1) is 0 Å². The normalized spacial score (nSPS) is 22.8. The Morgan fingerprint density at radius 1 is 1.47 bits per heavy atom. The lowest BCUT2D eigenvalue weighted by Gasteiger charge is -2.24. The molecule has 1 aliphatic heterocycles. The van der Waals surface area contributed by atoms with Crippen LogP contribution >= 0.6 is 0 Å². The Morgan fingerprint density at radius 3 is 3.05 bits per heavy atom. The van der Waals surface area contributed by atoms with Gasteiger partial charge in [0.1, 0.15) is 5.58 Å². The molecule has 1 atom stereocenters. The topological polar surface area (TPSA) is 54.3 Å². The Labute approximate surface area is 112 Å². The zero-order valence-corrected chi connectivity index (χ0v) is 11.0. The zero-order chi connectivity index (χ0) is 13.3. The summed E-state index contributed by atoms with van der Waals surface area (Å²) in [6, 6.07) is 9.43. The molecule has 1 fully saturated rings. The molecular formula is C15H18N2O2. The highest BCUT2D eigenvalue weighted by Crippen LogP contribution is 2.20. The van der Waals surface area contributed by atoms with Crippen LogP contribution in [0.2, 0.25) is 0 Å². The average molecular weight is 258 g/mol. The van der Waals surface area contributed by atoms with Crippen molar-refractivity contribution in [3.63, 3.8) is 0 Å². The number of amides is 1. The molecule has 0 aliphatic carbocycles. The van der Waals surface area contributed by atoms with Gasteiger partial charge in [-0.25, -0.2) is 0 Å². The van der Waals surface area contributed by atoms with Gasteiger partial charge in [0.2, 0.25) is 0 Å². The summed E-state index contributed by atoms with van der Waals surface area (Å²) >= 11 is 0. The van der Waals surface area contributed by atoms with E-state index < -0.39 is 0 Å². The van der Waals surface area contributed by atoms with E-state index >= 15 is 0 Å². The third-order valence-electron chi connectivity index (χ3n) is 3.75. The molecule has 3 rings (SSSR count). The van der Waals surface area contributed by atoms with E-state index in [1.165, 1.54) is 0 Å². The van der Waals surface area contributed by atoms with Crippen LogP contribution in [0.5, 0.6) is 0 Å². The molecule has 4 heteroatoms. The quantitative estimate of drug-likeness (QED) is 0.888. The summed E-state index contributed by atoms with van der Waals surface area (Å²) in [5, 5.41) is 7.32. The van der Waals surface area contributed by atoms with Gasteiger partial charge < -0.3 is 15.1 Å². The van der Waals surface area contributed by atoms with Gasteiger partial charge in [-0.05, 0) is 38.4 Å². The van der Waals surface area contributed by atoms with Crippen LogP contribution < -0.4 is 10.6 Å². The minimum Gasteiger partial charge on any atom is -0.451 e. The second kappa shape index (κ2) is 4.70. The number of furan rings is 1. The number of hydrogen-bond donors (Lipinski definition) is 2. The molecule has 2 aromatic rings. The van der Waals surface area contributed by atoms with E-state index in [2.05, 4.69) is 17.6 Å². The number of hydrogen-bond acceptors (Lipinski definition) is 3. The Kier molecular flexibility index (Phi) is 3.03. The van der Waals surface area contributed by atoms with E-state index in [9.17, 15) is 4.79 Å². The summed E-state index contributed by atoms with van der Waals surface area (Å²) < 4.78 is 5.55. The van der Waals surface area contributed by atoms with Crippen LogP contribution in [0.15, 0.2) is 34.7 Å². The number of para-hydroxylation sites is 1. The highest BCUT2D eigenvalue weighted by atomic mass is 16.3. The SMILES string of the molecule is CC1(CNC(=O)c2cc3ccccc3o2)CCCN1. The van der Waals surface area contributed by atoms with Crippen molar-refractivity contribution >= 4 is 16.9 Å². The Morgan fingerprint density at radius 2 is 2.32 bits per heavy atom. The van der Waals surface area contributed by atoms with Crippen LogP contribution in [0.4, 0.5) is 0 Å². The second-order valence-electron chi connectivity index (χ2n) is 5.42. The van der Waals surface area contributed by atoms with Crippen molar-refractivity contribution in [1.29, 1.82) is 0 Å². The fourth-order valence-electron chi connectivity index (χ4n) is 2.56. The first kappa shape index (κ1) is 12.2. The van der Waals surface area contributed by atoms with E-state index in [-0.39, 0.29) is 11.4 Å². The van der Waals surface area contributed by atoms with Crippen LogP contribution in [0.1, 0.15) is 30.3 Å². The van der Waals surface area contributed by atoms with E-state index in [0.717, 1.165) is 30.4 Å². The number of fused-ring (bicyclic) bond motifs is 1. The highest BCUT2D eigenvalue weighted by molar-refractivity contribution is 5.96. The number of carbonyl (C=O) groups excluding carboxylic acids is 1. The van der Waals surface area contributed by atoms with E-state index in [0.29, 0.717) is 12.3 Å². The Hall–Kier alpha value is -1.81. The van der Waals surface area contributed by atoms with Crippen molar-refractivity contribution in [3.05, 3.63) is 36.1 Å². The van der Waals surface area contributed by atoms with Crippen LogP contribution in [0.3, 0.4) is 0 Å². The molecule has 0 spiro atoms. The highest BCUT2D eigenvalue weighted by Gasteiger charge is 2.28. The largest absolute Gasteiger partial charge is 0.451 e. The number of benzene rings is 1. The number of nitrogens with one attached hydrogen (secondary N) is 2. The minimum atomic E-state index is -0.147. The molecule has 1 unspecified atom stereocenters. The number of carbonyl (C=O) groups is 1. The lowest BCUT2D eigenvalue weighted by atomic mass is 10.0. The molecule has 1 aliphatic rings. The standard InChI is InChI=1S/C15H18N2O2/c1-15(7-4-8-17-15)10-16-14(18)13-9-11-5-2-3-6-12(11)19-13/h2-3,5-6,9,17H,4,7-8,10H2,1H3,(H,16,18). The van der Waals surface area contributed by atoms with Crippen LogP contribution in [0.25, 0.3) is 11.0 Å². The summed E-state index contributed by atoms with van der Waals surface area (Å²) in [7, 11) is 0. The Balaban J connectivity index is 1.69. The fourth-order valence-corrected chi connectivity index (χ4v) is 2.56. The van der Waals surface area contributed by atoms with Gasteiger partial charge >= 0.3 is 0 Å². The van der Waals surface area contributed by atoms with Crippen molar-refractivity contribution in [3.8, 4) is 0 Å². The molecule has 1 aromatic heterocycles. The maximum Gasteiger partial charge on any atom is 0.287 e. The van der Waals surface area contributed by atoms with Crippen molar-refractivity contribution in [2.45, 2.75) is 25.3 Å². The van der Waals surface area contributed by atoms with Gasteiger partial charge in [0.15, 0.2) is 5.76 Å². The number of rotatable bonds is 3. The first-order valence-corrected chi connectivity index (χ1v) is 6.68. The van der Waals surface area contributed by atoms with Gasteiger partial charge in [-0.3, -0.25) is 4.79 Å². The summed E-state index contributed by atoms with van der Waals surface area (Å²) in [4.78, 5) is 12.1. The lowest BCUT2D eigenvalue weighted by Crippen LogP contribution is -2.47. The predicted octanol–water partition coefficient (Wildman–Crippen LogP) is 2.30. The van der Waals surface area contributed by atoms with Gasteiger partial charge in [-0.1, -0.05) is 18.2 Å². The molecule has 1 aromatic carbocycles. The monoisotopic (exact) mass is 258 g/mol. The summed E-state index contributed by atoms with van der Waals surface area (Å²) in [6.45, 7) is 3.79. The zero-order valence-electron chi connectivity index (χ0n) is 11.0. The predicted molar refractivity (Wildman–Crippen MR) is 74.2 cm³/mol. The first-order chi connectivity index (χ1) is 9.16. The molecule has 0 saturated carbocycles. The third-order valence-corrected chi connectivity index (χ3v) is 3.75. The summed E-state index contributed by atoms with van der Waals surface area (Å²) in [5.41, 5.74) is 0.764. The fraction of sp³-hybridized carbons (Fsp3) is 0.400. The maximum absolute atomic E-state index is 12.1. The smallest absolute Gasteiger partial charge is 0.287 e. The molecule has 2 heterocycles.